The Bertz CT molecular complexity index is 837. The normalized spacial score (nSPS) is 16.3. The number of carbonyl (C=O) groups excluding carboxylic acids is 2. The molecule has 0 radical (unpaired) electrons. The van der Waals surface area contributed by atoms with Gasteiger partial charge < -0.3 is 9.80 Å². The third-order valence-electron chi connectivity index (χ3n) is 4.70. The topological polar surface area (TPSA) is 40.6 Å². The summed E-state index contributed by atoms with van der Waals surface area (Å²) in [6.45, 7) is 4.54. The number of amides is 2. The molecule has 138 valence electrons. The Labute approximate surface area is 167 Å². The Morgan fingerprint density at radius 2 is 2.04 bits per heavy atom. The van der Waals surface area contributed by atoms with Gasteiger partial charge in [-0.15, -0.1) is 11.3 Å². The van der Waals surface area contributed by atoms with Gasteiger partial charge in [0.1, 0.15) is 0 Å². The number of likely N-dealkylation sites (N-methyl/N-ethyl adjacent to an activating group) is 1. The molecule has 1 aliphatic rings. The summed E-state index contributed by atoms with van der Waals surface area (Å²) < 4.78 is 0. The van der Waals surface area contributed by atoms with Gasteiger partial charge in [0, 0.05) is 34.9 Å². The molecule has 2 aromatic rings. The van der Waals surface area contributed by atoms with Crippen LogP contribution in [0.3, 0.4) is 0 Å². The molecular weight excluding hydrogens is 391 g/mol. The summed E-state index contributed by atoms with van der Waals surface area (Å²) >= 11 is 14.2. The number of hydrogen-bond acceptors (Lipinski definition) is 3. The second-order valence-electron chi connectivity index (χ2n) is 6.24. The van der Waals surface area contributed by atoms with Crippen LogP contribution in [0, 0.1) is 0 Å². The number of carbonyl (C=O) groups is 2. The van der Waals surface area contributed by atoms with Crippen molar-refractivity contribution in [3.05, 3.63) is 55.7 Å². The van der Waals surface area contributed by atoms with E-state index in [1.807, 2.05) is 23.3 Å². The van der Waals surface area contributed by atoms with Crippen LogP contribution in [0.15, 0.2) is 29.6 Å². The molecule has 1 aromatic heterocycles. The van der Waals surface area contributed by atoms with E-state index in [1.54, 1.807) is 28.4 Å². The van der Waals surface area contributed by atoms with Gasteiger partial charge in [-0.1, -0.05) is 29.3 Å². The van der Waals surface area contributed by atoms with Crippen molar-refractivity contribution in [3.63, 3.8) is 0 Å². The Hall–Kier alpha value is -1.56. The van der Waals surface area contributed by atoms with Crippen molar-refractivity contribution in [3.8, 4) is 0 Å². The van der Waals surface area contributed by atoms with Crippen LogP contribution in [0.5, 0.6) is 0 Å². The van der Waals surface area contributed by atoms with Gasteiger partial charge in [0.15, 0.2) is 0 Å². The summed E-state index contributed by atoms with van der Waals surface area (Å²) in [6.07, 6.45) is 0.812. The second kappa shape index (κ2) is 7.99. The fourth-order valence-electron chi connectivity index (χ4n) is 3.34. The van der Waals surface area contributed by atoms with Crippen molar-refractivity contribution in [2.24, 2.45) is 0 Å². The smallest absolute Gasteiger partial charge is 0.242 e. The van der Waals surface area contributed by atoms with Gasteiger partial charge in [-0.05, 0) is 48.1 Å². The van der Waals surface area contributed by atoms with Gasteiger partial charge in [-0.3, -0.25) is 9.59 Å². The lowest BCUT2D eigenvalue weighted by atomic mass is 9.93. The van der Waals surface area contributed by atoms with Crippen LogP contribution in [0.2, 0.25) is 10.0 Å². The third-order valence-corrected chi connectivity index (χ3v) is 6.26. The molecule has 0 saturated heterocycles. The summed E-state index contributed by atoms with van der Waals surface area (Å²) in [6, 6.07) is 7.17. The molecular formula is C19H20Cl2N2O2S. The van der Waals surface area contributed by atoms with E-state index in [-0.39, 0.29) is 24.4 Å². The lowest BCUT2D eigenvalue weighted by Crippen LogP contribution is -2.46. The van der Waals surface area contributed by atoms with Crippen molar-refractivity contribution < 1.29 is 9.59 Å². The molecule has 1 atom stereocenters. The summed E-state index contributed by atoms with van der Waals surface area (Å²) in [5, 5.41) is 3.15. The van der Waals surface area contributed by atoms with Gasteiger partial charge >= 0.3 is 0 Å². The van der Waals surface area contributed by atoms with Crippen LogP contribution in [0.25, 0.3) is 0 Å². The van der Waals surface area contributed by atoms with Crippen LogP contribution in [0.4, 0.5) is 0 Å². The first kappa shape index (κ1) is 19.2. The van der Waals surface area contributed by atoms with Gasteiger partial charge in [0.25, 0.3) is 0 Å². The summed E-state index contributed by atoms with van der Waals surface area (Å²) in [4.78, 5) is 29.4. The Balaban J connectivity index is 1.98. The number of halogens is 2. The maximum atomic E-state index is 13.0. The zero-order chi connectivity index (χ0) is 18.8. The molecule has 7 heteroatoms. The van der Waals surface area contributed by atoms with E-state index in [4.69, 9.17) is 23.2 Å². The predicted molar refractivity (Wildman–Crippen MR) is 106 cm³/mol. The minimum absolute atomic E-state index is 0.0742. The summed E-state index contributed by atoms with van der Waals surface area (Å²) in [5.74, 6) is -0.176. The summed E-state index contributed by atoms with van der Waals surface area (Å²) in [7, 11) is 0. The van der Waals surface area contributed by atoms with Gasteiger partial charge in [0.2, 0.25) is 11.8 Å². The molecule has 3 rings (SSSR count). The quantitative estimate of drug-likeness (QED) is 0.749. The molecule has 1 aliphatic heterocycles. The highest BCUT2D eigenvalue weighted by Crippen LogP contribution is 2.40. The van der Waals surface area contributed by atoms with E-state index in [0.29, 0.717) is 23.1 Å². The average molecular weight is 411 g/mol. The van der Waals surface area contributed by atoms with E-state index in [2.05, 4.69) is 6.07 Å². The van der Waals surface area contributed by atoms with Crippen LogP contribution in [-0.4, -0.2) is 41.2 Å². The lowest BCUT2D eigenvalue weighted by molar-refractivity contribution is -0.140. The van der Waals surface area contributed by atoms with E-state index in [9.17, 15) is 9.59 Å². The largest absolute Gasteiger partial charge is 0.334 e. The van der Waals surface area contributed by atoms with Crippen LogP contribution in [0.1, 0.15) is 35.9 Å². The highest BCUT2D eigenvalue weighted by atomic mass is 35.5. The SMILES string of the molecule is CCN(CC(=O)N1CCc2sccc2C1c1ccc(Cl)cc1Cl)C(C)=O. The van der Waals surface area contributed by atoms with Crippen LogP contribution >= 0.6 is 34.5 Å². The number of thiophene rings is 1. The first-order chi connectivity index (χ1) is 12.4. The van der Waals surface area contributed by atoms with E-state index in [1.165, 1.54) is 11.8 Å². The number of fused-ring (bicyclic) bond motifs is 1. The highest BCUT2D eigenvalue weighted by Gasteiger charge is 2.34. The molecule has 0 N–H and O–H groups in total. The molecule has 4 nitrogen and oxygen atoms in total. The third kappa shape index (κ3) is 3.75. The molecule has 0 bridgehead atoms. The van der Waals surface area contributed by atoms with Crippen molar-refractivity contribution in [2.75, 3.05) is 19.6 Å². The molecule has 26 heavy (non-hydrogen) atoms. The van der Waals surface area contributed by atoms with Crippen LogP contribution < -0.4 is 0 Å². The number of benzene rings is 1. The second-order valence-corrected chi connectivity index (χ2v) is 8.08. The zero-order valence-electron chi connectivity index (χ0n) is 14.7. The maximum absolute atomic E-state index is 13.0. The van der Waals surface area contributed by atoms with Gasteiger partial charge in [0.05, 0.1) is 12.6 Å². The minimum atomic E-state index is -0.257. The summed E-state index contributed by atoms with van der Waals surface area (Å²) in [5.41, 5.74) is 1.96. The van der Waals surface area contributed by atoms with Crippen molar-refractivity contribution in [2.45, 2.75) is 26.3 Å². The minimum Gasteiger partial charge on any atom is -0.334 e. The fraction of sp³-hybridized carbons (Fsp3) is 0.368. The fourth-order valence-corrected chi connectivity index (χ4v) is 4.76. The first-order valence-electron chi connectivity index (χ1n) is 8.48. The van der Waals surface area contributed by atoms with Gasteiger partial charge in [-0.2, -0.15) is 0 Å². The van der Waals surface area contributed by atoms with Crippen molar-refractivity contribution in [1.29, 1.82) is 0 Å². The molecule has 0 saturated carbocycles. The van der Waals surface area contributed by atoms with Gasteiger partial charge in [-0.25, -0.2) is 0 Å². The van der Waals surface area contributed by atoms with Crippen molar-refractivity contribution >= 4 is 46.4 Å². The maximum Gasteiger partial charge on any atom is 0.242 e. The zero-order valence-corrected chi connectivity index (χ0v) is 17.0. The predicted octanol–water partition coefficient (Wildman–Crippen LogP) is 4.40. The number of nitrogens with zero attached hydrogens (tertiary/aromatic N) is 2. The van der Waals surface area contributed by atoms with E-state index < -0.39 is 0 Å². The van der Waals surface area contributed by atoms with Crippen LogP contribution in [-0.2, 0) is 16.0 Å². The Morgan fingerprint density at radius 1 is 1.27 bits per heavy atom. The standard InChI is InChI=1S/C19H20Cl2N2O2S/c1-3-22(12(2)24)11-18(25)23-8-6-17-15(7-9-26-17)19(23)14-5-4-13(20)10-16(14)21/h4-5,7,9-10,19H,3,6,8,11H2,1-2H3. The number of rotatable bonds is 4. The highest BCUT2D eigenvalue weighted by molar-refractivity contribution is 7.10. The molecule has 0 fully saturated rings. The Kier molecular flexibility index (Phi) is 5.90. The molecule has 1 aromatic carbocycles. The lowest BCUT2D eigenvalue weighted by Gasteiger charge is -2.37. The average Bonchev–Trinajstić information content (AvgIpc) is 3.07. The van der Waals surface area contributed by atoms with Crippen molar-refractivity contribution in [1.82, 2.24) is 9.80 Å². The molecule has 0 spiro atoms. The molecule has 2 amide bonds. The first-order valence-corrected chi connectivity index (χ1v) is 10.1. The molecule has 0 aliphatic carbocycles. The molecule has 2 heterocycles. The Morgan fingerprint density at radius 3 is 2.69 bits per heavy atom. The van der Waals surface area contributed by atoms with E-state index >= 15 is 0 Å². The monoisotopic (exact) mass is 410 g/mol. The number of hydrogen-bond donors (Lipinski definition) is 0. The van der Waals surface area contributed by atoms with E-state index in [0.717, 1.165) is 17.5 Å². The molecule has 1 unspecified atom stereocenters.